The number of carbonyl (C=O) groups is 1. The van der Waals surface area contributed by atoms with Crippen LogP contribution in [-0.2, 0) is 10.0 Å². The minimum absolute atomic E-state index is 0.00926. The summed E-state index contributed by atoms with van der Waals surface area (Å²) < 4.78 is 23.3. The van der Waals surface area contributed by atoms with Crippen molar-refractivity contribution in [3.63, 3.8) is 0 Å². The quantitative estimate of drug-likeness (QED) is 0.485. The standard InChI is InChI=1S/C8H8N2O3S/c1-5-3-2-4-6-7(5)8(11)10(9)14(6,12)13/h2-4H,9H2,1H3. The molecule has 1 aromatic carbocycles. The number of hydrogen-bond acceptors (Lipinski definition) is 4. The normalized spacial score (nSPS) is 18.4. The number of aryl methyl sites for hydroxylation is 1. The van der Waals surface area contributed by atoms with Gasteiger partial charge < -0.3 is 0 Å². The van der Waals surface area contributed by atoms with Crippen LogP contribution in [0.3, 0.4) is 0 Å². The van der Waals surface area contributed by atoms with E-state index in [1.165, 1.54) is 6.07 Å². The minimum atomic E-state index is -3.79. The highest BCUT2D eigenvalue weighted by Gasteiger charge is 2.40. The summed E-state index contributed by atoms with van der Waals surface area (Å²) in [5.74, 6) is 4.50. The molecule has 0 radical (unpaired) electrons. The summed E-state index contributed by atoms with van der Waals surface area (Å²) in [6.45, 7) is 1.67. The molecule has 1 heterocycles. The summed E-state index contributed by atoms with van der Waals surface area (Å²) in [6, 6.07) is 4.63. The van der Waals surface area contributed by atoms with Crippen molar-refractivity contribution in [2.75, 3.05) is 0 Å². The molecule has 74 valence electrons. The fourth-order valence-electron chi connectivity index (χ4n) is 1.46. The van der Waals surface area contributed by atoms with Crippen LogP contribution < -0.4 is 5.84 Å². The van der Waals surface area contributed by atoms with Gasteiger partial charge in [0.2, 0.25) is 0 Å². The molecule has 14 heavy (non-hydrogen) atoms. The van der Waals surface area contributed by atoms with Gasteiger partial charge in [-0.2, -0.15) is 12.8 Å². The van der Waals surface area contributed by atoms with Crippen molar-refractivity contribution in [3.8, 4) is 0 Å². The Labute approximate surface area is 81.1 Å². The first-order chi connectivity index (χ1) is 6.46. The van der Waals surface area contributed by atoms with Crippen molar-refractivity contribution in [1.29, 1.82) is 0 Å². The first-order valence-electron chi connectivity index (χ1n) is 3.90. The maximum absolute atomic E-state index is 11.5. The third-order valence-corrected chi connectivity index (χ3v) is 3.77. The van der Waals surface area contributed by atoms with Gasteiger partial charge in [-0.25, -0.2) is 5.84 Å². The number of benzene rings is 1. The highest BCUT2D eigenvalue weighted by molar-refractivity contribution is 7.90. The molecule has 1 aliphatic rings. The van der Waals surface area contributed by atoms with Crippen LogP contribution in [0.15, 0.2) is 23.1 Å². The van der Waals surface area contributed by atoms with Crippen LogP contribution in [-0.4, -0.2) is 18.7 Å². The summed E-state index contributed by atoms with van der Waals surface area (Å²) in [7, 11) is -3.79. The second-order valence-electron chi connectivity index (χ2n) is 3.05. The van der Waals surface area contributed by atoms with Gasteiger partial charge >= 0.3 is 0 Å². The number of carbonyl (C=O) groups excluding carboxylic acids is 1. The number of nitrogens with two attached hydrogens (primary N) is 1. The Hall–Kier alpha value is -1.40. The van der Waals surface area contributed by atoms with Crippen LogP contribution in [0.4, 0.5) is 0 Å². The fraction of sp³-hybridized carbons (Fsp3) is 0.125. The van der Waals surface area contributed by atoms with Crippen molar-refractivity contribution in [2.24, 2.45) is 5.84 Å². The van der Waals surface area contributed by atoms with Gasteiger partial charge in [-0.15, -0.1) is 0 Å². The van der Waals surface area contributed by atoms with Gasteiger partial charge in [-0.05, 0) is 18.6 Å². The summed E-state index contributed by atoms with van der Waals surface area (Å²) in [6.07, 6.45) is 0. The van der Waals surface area contributed by atoms with Gasteiger partial charge in [0.15, 0.2) is 0 Å². The second kappa shape index (κ2) is 2.55. The Kier molecular flexibility index (Phi) is 1.67. The van der Waals surface area contributed by atoms with Gasteiger partial charge in [-0.3, -0.25) is 4.79 Å². The summed E-state index contributed by atoms with van der Waals surface area (Å²) >= 11 is 0. The van der Waals surface area contributed by atoms with Gasteiger partial charge in [0.25, 0.3) is 15.9 Å². The smallest absolute Gasteiger partial charge is 0.266 e. The molecule has 0 bridgehead atoms. The van der Waals surface area contributed by atoms with Crippen LogP contribution in [0.25, 0.3) is 0 Å². The Morgan fingerprint density at radius 2 is 2.00 bits per heavy atom. The van der Waals surface area contributed by atoms with Crippen LogP contribution in [0.5, 0.6) is 0 Å². The lowest BCUT2D eigenvalue weighted by atomic mass is 10.1. The molecule has 0 saturated carbocycles. The number of amides is 1. The molecular weight excluding hydrogens is 204 g/mol. The zero-order valence-electron chi connectivity index (χ0n) is 7.39. The molecule has 2 rings (SSSR count). The van der Waals surface area contributed by atoms with E-state index in [2.05, 4.69) is 0 Å². The van der Waals surface area contributed by atoms with E-state index in [9.17, 15) is 13.2 Å². The van der Waals surface area contributed by atoms with Gasteiger partial charge in [-0.1, -0.05) is 12.1 Å². The van der Waals surface area contributed by atoms with E-state index in [4.69, 9.17) is 5.84 Å². The second-order valence-corrected chi connectivity index (χ2v) is 4.84. The molecule has 1 amide bonds. The van der Waals surface area contributed by atoms with Gasteiger partial charge in [0.1, 0.15) is 4.90 Å². The molecule has 0 unspecified atom stereocenters. The number of hydrazine groups is 1. The average Bonchev–Trinajstić information content (AvgIpc) is 2.30. The molecule has 5 nitrogen and oxygen atoms in total. The molecule has 1 aromatic rings. The minimum Gasteiger partial charge on any atom is -0.266 e. The predicted molar refractivity (Wildman–Crippen MR) is 48.7 cm³/mol. The van der Waals surface area contributed by atoms with Crippen molar-refractivity contribution >= 4 is 15.9 Å². The topological polar surface area (TPSA) is 80.5 Å². The molecule has 0 saturated heterocycles. The van der Waals surface area contributed by atoms with Crippen molar-refractivity contribution in [3.05, 3.63) is 29.3 Å². The highest BCUT2D eigenvalue weighted by atomic mass is 32.2. The van der Waals surface area contributed by atoms with Gasteiger partial charge in [0.05, 0.1) is 5.56 Å². The van der Waals surface area contributed by atoms with E-state index in [-0.39, 0.29) is 14.9 Å². The van der Waals surface area contributed by atoms with E-state index in [0.717, 1.165) is 0 Å². The van der Waals surface area contributed by atoms with Crippen LogP contribution in [0, 0.1) is 6.92 Å². The maximum atomic E-state index is 11.5. The molecule has 0 aromatic heterocycles. The fourth-order valence-corrected chi connectivity index (χ4v) is 2.73. The first kappa shape index (κ1) is 9.17. The third kappa shape index (κ3) is 0.919. The van der Waals surface area contributed by atoms with E-state index in [0.29, 0.717) is 5.56 Å². The zero-order chi connectivity index (χ0) is 10.5. The van der Waals surface area contributed by atoms with Crippen LogP contribution in [0.1, 0.15) is 15.9 Å². The molecule has 1 aliphatic heterocycles. The Bertz CT molecular complexity index is 521. The molecule has 0 aliphatic carbocycles. The lowest BCUT2D eigenvalue weighted by Crippen LogP contribution is -2.36. The SMILES string of the molecule is Cc1cccc2c1C(=O)N(N)S2(=O)=O. The monoisotopic (exact) mass is 212 g/mol. The summed E-state index contributed by atoms with van der Waals surface area (Å²) in [5.41, 5.74) is 0.791. The Morgan fingerprint density at radius 3 is 2.57 bits per heavy atom. The lowest BCUT2D eigenvalue weighted by Gasteiger charge is -2.04. The van der Waals surface area contributed by atoms with Crippen LogP contribution in [0.2, 0.25) is 0 Å². The summed E-state index contributed by atoms with van der Waals surface area (Å²) in [5, 5.41) is 0. The number of hydrogen-bond donors (Lipinski definition) is 1. The molecule has 0 fully saturated rings. The number of nitrogens with zero attached hydrogens (tertiary/aromatic N) is 1. The van der Waals surface area contributed by atoms with Crippen molar-refractivity contribution < 1.29 is 13.2 Å². The lowest BCUT2D eigenvalue weighted by molar-refractivity contribution is 0.0870. The largest absolute Gasteiger partial charge is 0.283 e. The molecule has 0 atom stereocenters. The maximum Gasteiger partial charge on any atom is 0.283 e. The molecule has 6 heteroatoms. The number of rotatable bonds is 0. The Morgan fingerprint density at radius 1 is 1.36 bits per heavy atom. The molecule has 2 N–H and O–H groups in total. The van der Waals surface area contributed by atoms with Crippen molar-refractivity contribution in [2.45, 2.75) is 11.8 Å². The highest BCUT2D eigenvalue weighted by Crippen LogP contribution is 2.29. The average molecular weight is 212 g/mol. The zero-order valence-corrected chi connectivity index (χ0v) is 8.21. The first-order valence-corrected chi connectivity index (χ1v) is 5.34. The molecular formula is C8H8N2O3S. The van der Waals surface area contributed by atoms with Gasteiger partial charge in [0, 0.05) is 0 Å². The van der Waals surface area contributed by atoms with E-state index in [1.54, 1.807) is 19.1 Å². The predicted octanol–water partition coefficient (Wildman–Crippen LogP) is 0.0132. The Balaban J connectivity index is 2.88. The number of fused-ring (bicyclic) bond motifs is 1. The third-order valence-electron chi connectivity index (χ3n) is 2.19. The summed E-state index contributed by atoms with van der Waals surface area (Å²) in [4.78, 5) is 11.4. The number of sulfonamides is 1. The van der Waals surface area contributed by atoms with E-state index < -0.39 is 15.9 Å². The van der Waals surface area contributed by atoms with E-state index in [1.807, 2.05) is 0 Å². The molecule has 0 spiro atoms. The van der Waals surface area contributed by atoms with Crippen LogP contribution >= 0.6 is 0 Å². The van der Waals surface area contributed by atoms with Crippen molar-refractivity contribution in [1.82, 2.24) is 4.41 Å². The van der Waals surface area contributed by atoms with E-state index >= 15 is 0 Å².